The first-order valence-corrected chi connectivity index (χ1v) is 5.28. The van der Waals surface area contributed by atoms with Crippen molar-refractivity contribution in [3.63, 3.8) is 0 Å². The Morgan fingerprint density at radius 3 is 2.73 bits per heavy atom. The van der Waals surface area contributed by atoms with E-state index in [0.717, 1.165) is 12.8 Å². The van der Waals surface area contributed by atoms with Gasteiger partial charge >= 0.3 is 6.09 Å². The summed E-state index contributed by atoms with van der Waals surface area (Å²) in [6.45, 7) is 1.23. The molecule has 1 heterocycles. The summed E-state index contributed by atoms with van der Waals surface area (Å²) in [7, 11) is 0. The van der Waals surface area contributed by atoms with Gasteiger partial charge in [-0.25, -0.2) is 4.79 Å². The summed E-state index contributed by atoms with van der Waals surface area (Å²) in [5, 5.41) is 9.05. The van der Waals surface area contributed by atoms with E-state index in [1.54, 1.807) is 0 Å². The van der Waals surface area contributed by atoms with Crippen LogP contribution in [0.3, 0.4) is 0 Å². The van der Waals surface area contributed by atoms with E-state index < -0.39 is 6.09 Å². The van der Waals surface area contributed by atoms with Gasteiger partial charge in [0, 0.05) is 18.5 Å². The predicted molar refractivity (Wildman–Crippen MR) is 55.8 cm³/mol. The van der Waals surface area contributed by atoms with Crippen molar-refractivity contribution in [2.45, 2.75) is 24.8 Å². The van der Waals surface area contributed by atoms with Gasteiger partial charge in [-0.2, -0.15) is 0 Å². The largest absolute Gasteiger partial charge is 0.465 e. The molecule has 1 aliphatic carbocycles. The number of rotatable bonds is 0. The molecule has 1 N–H and O–H groups in total. The molecule has 3 nitrogen and oxygen atoms in total. The number of carbonyl (C=O) groups is 1. The molecule has 0 unspecified atom stereocenters. The lowest BCUT2D eigenvalue weighted by atomic mass is 9.87. The van der Waals surface area contributed by atoms with Crippen LogP contribution in [0, 0.1) is 0 Å². The number of benzene rings is 1. The Kier molecular flexibility index (Phi) is 1.61. The third kappa shape index (κ3) is 1.23. The van der Waals surface area contributed by atoms with Crippen molar-refractivity contribution in [3.8, 4) is 0 Å². The van der Waals surface area contributed by atoms with Gasteiger partial charge in [-0.05, 0) is 24.0 Å². The number of carboxylic acid groups (broad SMARTS) is 1. The molecular formula is C12H13NO2. The molecule has 15 heavy (non-hydrogen) atoms. The number of hydrogen-bond acceptors (Lipinski definition) is 1. The van der Waals surface area contributed by atoms with Gasteiger partial charge < -0.3 is 10.0 Å². The molecule has 0 atom stereocenters. The van der Waals surface area contributed by atoms with Crippen LogP contribution in [-0.4, -0.2) is 22.6 Å². The van der Waals surface area contributed by atoms with Gasteiger partial charge in [0.2, 0.25) is 0 Å². The fourth-order valence-corrected chi connectivity index (χ4v) is 2.60. The molecule has 1 aromatic carbocycles. The zero-order valence-electron chi connectivity index (χ0n) is 8.44. The lowest BCUT2D eigenvalue weighted by Crippen LogP contribution is -2.40. The summed E-state index contributed by atoms with van der Waals surface area (Å²) >= 11 is 0. The summed E-state index contributed by atoms with van der Waals surface area (Å²) < 4.78 is 0. The van der Waals surface area contributed by atoms with Gasteiger partial charge in [0.15, 0.2) is 0 Å². The molecular weight excluding hydrogens is 190 g/mol. The Hall–Kier alpha value is -1.51. The first-order chi connectivity index (χ1) is 7.21. The van der Waals surface area contributed by atoms with E-state index in [9.17, 15) is 4.79 Å². The van der Waals surface area contributed by atoms with Crippen LogP contribution in [0.15, 0.2) is 24.3 Å². The molecule has 2 aliphatic rings. The van der Waals surface area contributed by atoms with Gasteiger partial charge in [-0.1, -0.05) is 24.3 Å². The van der Waals surface area contributed by atoms with Crippen LogP contribution in [0.5, 0.6) is 0 Å². The zero-order chi connectivity index (χ0) is 10.5. The molecule has 1 spiro atoms. The summed E-state index contributed by atoms with van der Waals surface area (Å²) in [4.78, 5) is 12.5. The van der Waals surface area contributed by atoms with Crippen LogP contribution >= 0.6 is 0 Å². The van der Waals surface area contributed by atoms with Crippen LogP contribution in [0.4, 0.5) is 4.79 Å². The average molecular weight is 203 g/mol. The molecule has 0 aromatic heterocycles. The lowest BCUT2D eigenvalue weighted by molar-refractivity contribution is 0.132. The van der Waals surface area contributed by atoms with Crippen molar-refractivity contribution in [1.82, 2.24) is 4.90 Å². The molecule has 1 amide bonds. The number of amides is 1. The molecule has 1 aliphatic heterocycles. The predicted octanol–water partition coefficient (Wildman–Crippen LogP) is 2.21. The smallest absolute Gasteiger partial charge is 0.407 e. The van der Waals surface area contributed by atoms with Crippen molar-refractivity contribution < 1.29 is 9.90 Å². The topological polar surface area (TPSA) is 40.5 Å². The van der Waals surface area contributed by atoms with E-state index in [2.05, 4.69) is 12.1 Å². The van der Waals surface area contributed by atoms with Crippen LogP contribution in [0.1, 0.15) is 24.0 Å². The number of fused-ring (bicyclic) bond motifs is 2. The Balaban J connectivity index is 2.04. The molecule has 1 fully saturated rings. The van der Waals surface area contributed by atoms with Crippen LogP contribution in [-0.2, 0) is 12.0 Å². The molecule has 0 saturated heterocycles. The van der Waals surface area contributed by atoms with Gasteiger partial charge in [0.05, 0.1) is 0 Å². The molecule has 1 saturated carbocycles. The van der Waals surface area contributed by atoms with Crippen LogP contribution < -0.4 is 0 Å². The highest BCUT2D eigenvalue weighted by Crippen LogP contribution is 2.52. The highest BCUT2D eigenvalue weighted by Gasteiger charge is 2.49. The molecule has 3 rings (SSSR count). The third-order valence-corrected chi connectivity index (χ3v) is 3.57. The first-order valence-electron chi connectivity index (χ1n) is 5.28. The Labute approximate surface area is 88.3 Å². The number of hydrogen-bond donors (Lipinski definition) is 1. The summed E-state index contributed by atoms with van der Waals surface area (Å²) in [6, 6.07) is 8.24. The van der Waals surface area contributed by atoms with Crippen molar-refractivity contribution in [2.75, 3.05) is 6.54 Å². The van der Waals surface area contributed by atoms with Crippen LogP contribution in [0.2, 0.25) is 0 Å². The van der Waals surface area contributed by atoms with Crippen molar-refractivity contribution >= 4 is 6.09 Å². The highest BCUT2D eigenvalue weighted by atomic mass is 16.4. The fraction of sp³-hybridized carbons (Fsp3) is 0.417. The maximum Gasteiger partial charge on any atom is 0.407 e. The maximum atomic E-state index is 11.0. The highest BCUT2D eigenvalue weighted by molar-refractivity contribution is 5.66. The number of nitrogens with zero attached hydrogens (tertiary/aromatic N) is 1. The second-order valence-electron chi connectivity index (χ2n) is 4.58. The Bertz CT molecular complexity index is 423. The van der Waals surface area contributed by atoms with Gasteiger partial charge in [0.1, 0.15) is 0 Å². The van der Waals surface area contributed by atoms with Crippen molar-refractivity contribution in [1.29, 1.82) is 0 Å². The molecule has 78 valence electrons. The maximum absolute atomic E-state index is 11.0. The third-order valence-electron chi connectivity index (χ3n) is 3.57. The van der Waals surface area contributed by atoms with E-state index in [1.165, 1.54) is 16.0 Å². The van der Waals surface area contributed by atoms with E-state index in [4.69, 9.17) is 5.11 Å². The quantitative estimate of drug-likeness (QED) is 0.702. The van der Waals surface area contributed by atoms with Gasteiger partial charge in [-0.3, -0.25) is 0 Å². The summed E-state index contributed by atoms with van der Waals surface area (Å²) in [6.07, 6.45) is 1.47. The van der Waals surface area contributed by atoms with Crippen molar-refractivity contribution in [3.05, 3.63) is 35.4 Å². The SMILES string of the molecule is O=C(O)N1Cc2ccccc2C2(CC2)C1. The van der Waals surface area contributed by atoms with E-state index in [-0.39, 0.29) is 5.41 Å². The standard InChI is InChI=1S/C12H13NO2/c14-11(15)13-7-9-3-1-2-4-10(9)12(8-13)5-6-12/h1-4H,5-8H2,(H,14,15). The summed E-state index contributed by atoms with van der Waals surface area (Å²) in [5.41, 5.74) is 2.72. The van der Waals surface area contributed by atoms with Gasteiger partial charge in [-0.15, -0.1) is 0 Å². The Morgan fingerprint density at radius 2 is 2.07 bits per heavy atom. The Morgan fingerprint density at radius 1 is 1.33 bits per heavy atom. The minimum Gasteiger partial charge on any atom is -0.465 e. The van der Waals surface area contributed by atoms with Crippen LogP contribution in [0.25, 0.3) is 0 Å². The molecule has 0 bridgehead atoms. The molecule has 0 radical (unpaired) electrons. The minimum absolute atomic E-state index is 0.160. The summed E-state index contributed by atoms with van der Waals surface area (Å²) in [5.74, 6) is 0. The van der Waals surface area contributed by atoms with Crippen molar-refractivity contribution in [2.24, 2.45) is 0 Å². The second-order valence-corrected chi connectivity index (χ2v) is 4.58. The van der Waals surface area contributed by atoms with E-state index in [0.29, 0.717) is 13.1 Å². The molecule has 1 aromatic rings. The fourth-order valence-electron chi connectivity index (χ4n) is 2.60. The zero-order valence-corrected chi connectivity index (χ0v) is 8.44. The van der Waals surface area contributed by atoms with Gasteiger partial charge in [0.25, 0.3) is 0 Å². The van der Waals surface area contributed by atoms with E-state index >= 15 is 0 Å². The monoisotopic (exact) mass is 203 g/mol. The first kappa shape index (κ1) is 8.77. The normalized spacial score (nSPS) is 21.2. The molecule has 3 heteroatoms. The average Bonchev–Trinajstić information content (AvgIpc) is 2.99. The second kappa shape index (κ2) is 2.75. The minimum atomic E-state index is -0.796. The lowest BCUT2D eigenvalue weighted by Gasteiger charge is -2.33. The van der Waals surface area contributed by atoms with E-state index in [1.807, 2.05) is 12.1 Å².